The molecule has 0 saturated heterocycles. The number of benzene rings is 2. The van der Waals surface area contributed by atoms with Crippen LogP contribution < -0.4 is 20.2 Å². The van der Waals surface area contributed by atoms with Gasteiger partial charge in [0.15, 0.2) is 16.9 Å². The molecule has 0 aliphatic rings. The van der Waals surface area contributed by atoms with Crippen LogP contribution in [0.25, 0.3) is 17.0 Å². The molecule has 154 valence electrons. The van der Waals surface area contributed by atoms with Crippen LogP contribution in [0.5, 0.6) is 11.5 Å². The van der Waals surface area contributed by atoms with Crippen LogP contribution in [0, 0.1) is 6.92 Å². The summed E-state index contributed by atoms with van der Waals surface area (Å²) in [4.78, 5) is 36.5. The normalized spacial score (nSPS) is 10.9. The van der Waals surface area contributed by atoms with Gasteiger partial charge in [0, 0.05) is 18.2 Å². The maximum Gasteiger partial charge on any atom is 0.337 e. The molecule has 1 aromatic heterocycles. The van der Waals surface area contributed by atoms with Gasteiger partial charge in [-0.2, -0.15) is 0 Å². The van der Waals surface area contributed by atoms with Crippen LogP contribution in [0.3, 0.4) is 0 Å². The molecule has 0 aliphatic carbocycles. The van der Waals surface area contributed by atoms with Gasteiger partial charge in [-0.25, -0.2) is 4.79 Å². The average molecular weight is 409 g/mol. The van der Waals surface area contributed by atoms with Crippen LogP contribution in [0.2, 0.25) is 0 Å². The molecule has 2 N–H and O–H groups in total. The number of amides is 1. The first-order valence-corrected chi connectivity index (χ1v) is 8.84. The largest absolute Gasteiger partial charge is 0.493 e. The van der Waals surface area contributed by atoms with Gasteiger partial charge in [0.25, 0.3) is 0 Å². The number of ether oxygens (including phenoxy) is 2. The van der Waals surface area contributed by atoms with Crippen molar-refractivity contribution < 1.29 is 28.6 Å². The molecule has 1 amide bonds. The minimum atomic E-state index is -1.25. The second-order valence-electron chi connectivity index (χ2n) is 6.40. The van der Waals surface area contributed by atoms with Crippen molar-refractivity contribution in [2.24, 2.45) is 0 Å². The Morgan fingerprint density at radius 3 is 2.47 bits per heavy atom. The standard InChI is InChI=1S/C22H19NO7/c1-12-4-6-17-15(8-12)21(25)13(11-30-17)5-7-20(24)23-16-10-19(29-3)18(28-2)9-14(16)22(26)27/h4-11H,1-3H3,(H,23,24)(H,26,27)/b7-5+. The number of nitrogens with one attached hydrogen (secondary N) is 1. The monoisotopic (exact) mass is 409 g/mol. The second-order valence-corrected chi connectivity index (χ2v) is 6.40. The molecule has 0 fully saturated rings. The summed E-state index contributed by atoms with van der Waals surface area (Å²) in [5.41, 5.74) is 1.12. The summed E-state index contributed by atoms with van der Waals surface area (Å²) in [5, 5.41) is 12.3. The van der Waals surface area contributed by atoms with Gasteiger partial charge < -0.3 is 24.3 Å². The molecular weight excluding hydrogens is 390 g/mol. The zero-order valence-electron chi connectivity index (χ0n) is 16.5. The fourth-order valence-electron chi connectivity index (χ4n) is 2.87. The van der Waals surface area contributed by atoms with E-state index >= 15 is 0 Å². The van der Waals surface area contributed by atoms with E-state index < -0.39 is 11.9 Å². The molecule has 0 atom stereocenters. The van der Waals surface area contributed by atoms with E-state index in [4.69, 9.17) is 13.9 Å². The number of hydrogen-bond donors (Lipinski definition) is 2. The summed E-state index contributed by atoms with van der Waals surface area (Å²) in [6.07, 6.45) is 3.70. The molecule has 0 unspecified atom stereocenters. The highest BCUT2D eigenvalue weighted by Crippen LogP contribution is 2.33. The minimum absolute atomic E-state index is 0.0240. The third-order valence-corrected chi connectivity index (χ3v) is 4.38. The van der Waals surface area contributed by atoms with Crippen LogP contribution in [0.4, 0.5) is 5.69 Å². The molecule has 3 aromatic rings. The number of rotatable bonds is 6. The SMILES string of the molecule is COc1cc(NC(=O)/C=C/c2coc3ccc(C)cc3c2=O)c(C(=O)O)cc1OC. The van der Waals surface area contributed by atoms with E-state index in [1.165, 1.54) is 38.7 Å². The number of aromatic carboxylic acids is 1. The van der Waals surface area contributed by atoms with Crippen molar-refractivity contribution in [3.8, 4) is 11.5 Å². The molecule has 0 saturated carbocycles. The first-order valence-electron chi connectivity index (χ1n) is 8.84. The quantitative estimate of drug-likeness (QED) is 0.599. The molecular formula is C22H19NO7. The van der Waals surface area contributed by atoms with Crippen LogP contribution in [0.15, 0.2) is 51.9 Å². The predicted octanol–water partition coefficient (Wildman–Crippen LogP) is 3.47. The Hall–Kier alpha value is -4.07. The Balaban J connectivity index is 1.90. The van der Waals surface area contributed by atoms with Gasteiger partial charge >= 0.3 is 5.97 Å². The van der Waals surface area contributed by atoms with Crippen molar-refractivity contribution in [3.63, 3.8) is 0 Å². The van der Waals surface area contributed by atoms with Crippen molar-refractivity contribution in [1.29, 1.82) is 0 Å². The number of methoxy groups -OCH3 is 2. The molecule has 0 spiro atoms. The molecule has 0 bridgehead atoms. The number of carbonyl (C=O) groups excluding carboxylic acids is 1. The van der Waals surface area contributed by atoms with Gasteiger partial charge in [-0.15, -0.1) is 0 Å². The zero-order valence-corrected chi connectivity index (χ0v) is 16.5. The van der Waals surface area contributed by atoms with E-state index in [0.29, 0.717) is 11.0 Å². The Bertz CT molecular complexity index is 1220. The molecule has 0 aliphatic heterocycles. The Labute approximate surface area is 171 Å². The molecule has 0 radical (unpaired) electrons. The van der Waals surface area contributed by atoms with Gasteiger partial charge in [-0.05, 0) is 25.1 Å². The minimum Gasteiger partial charge on any atom is -0.493 e. The first-order chi connectivity index (χ1) is 14.3. The van der Waals surface area contributed by atoms with E-state index in [2.05, 4.69) is 5.32 Å². The van der Waals surface area contributed by atoms with Crippen molar-refractivity contribution in [2.75, 3.05) is 19.5 Å². The fraction of sp³-hybridized carbons (Fsp3) is 0.136. The summed E-state index contributed by atoms with van der Waals surface area (Å²) in [7, 11) is 2.77. The molecule has 8 heteroatoms. The maximum absolute atomic E-state index is 12.6. The van der Waals surface area contributed by atoms with E-state index in [1.807, 2.05) is 13.0 Å². The molecule has 30 heavy (non-hydrogen) atoms. The third-order valence-electron chi connectivity index (χ3n) is 4.38. The lowest BCUT2D eigenvalue weighted by molar-refractivity contribution is -0.111. The molecule has 2 aromatic carbocycles. The number of carbonyl (C=O) groups is 2. The predicted molar refractivity (Wildman–Crippen MR) is 111 cm³/mol. The average Bonchev–Trinajstić information content (AvgIpc) is 2.73. The van der Waals surface area contributed by atoms with Gasteiger partial charge in [0.2, 0.25) is 5.91 Å². The summed E-state index contributed by atoms with van der Waals surface area (Å²) < 4.78 is 15.7. The van der Waals surface area contributed by atoms with Crippen molar-refractivity contribution >= 4 is 34.6 Å². The highest BCUT2D eigenvalue weighted by atomic mass is 16.5. The highest BCUT2D eigenvalue weighted by Gasteiger charge is 2.17. The Morgan fingerprint density at radius 2 is 1.80 bits per heavy atom. The van der Waals surface area contributed by atoms with E-state index in [0.717, 1.165) is 11.6 Å². The topological polar surface area (TPSA) is 115 Å². The van der Waals surface area contributed by atoms with Gasteiger partial charge in [0.05, 0.1) is 36.4 Å². The number of carboxylic acid groups (broad SMARTS) is 1. The van der Waals surface area contributed by atoms with Crippen molar-refractivity contribution in [1.82, 2.24) is 0 Å². The van der Waals surface area contributed by atoms with Crippen LogP contribution >= 0.6 is 0 Å². The van der Waals surface area contributed by atoms with Crippen LogP contribution in [-0.4, -0.2) is 31.2 Å². The first kappa shape index (κ1) is 20.7. The number of carboxylic acids is 1. The van der Waals surface area contributed by atoms with Crippen LogP contribution in [0.1, 0.15) is 21.5 Å². The number of aryl methyl sites for hydroxylation is 1. The van der Waals surface area contributed by atoms with Gasteiger partial charge in [0.1, 0.15) is 11.8 Å². The van der Waals surface area contributed by atoms with E-state index in [9.17, 15) is 19.5 Å². The van der Waals surface area contributed by atoms with Crippen molar-refractivity contribution in [3.05, 3.63) is 69.6 Å². The Morgan fingerprint density at radius 1 is 1.10 bits per heavy atom. The summed E-state index contributed by atoms with van der Waals surface area (Å²) >= 11 is 0. The second kappa shape index (κ2) is 8.52. The smallest absolute Gasteiger partial charge is 0.337 e. The number of hydrogen-bond acceptors (Lipinski definition) is 6. The van der Waals surface area contributed by atoms with Crippen molar-refractivity contribution in [2.45, 2.75) is 6.92 Å². The third kappa shape index (κ3) is 4.17. The van der Waals surface area contributed by atoms with E-state index in [-0.39, 0.29) is 33.7 Å². The summed E-state index contributed by atoms with van der Waals surface area (Å²) in [5.74, 6) is -1.41. The molecule has 3 rings (SSSR count). The lowest BCUT2D eigenvalue weighted by Gasteiger charge is -2.13. The zero-order chi connectivity index (χ0) is 21.8. The highest BCUT2D eigenvalue weighted by molar-refractivity contribution is 6.06. The Kier molecular flexibility index (Phi) is 5.87. The van der Waals surface area contributed by atoms with Crippen LogP contribution in [-0.2, 0) is 4.79 Å². The fourth-order valence-corrected chi connectivity index (χ4v) is 2.87. The molecule has 8 nitrogen and oxygen atoms in total. The van der Waals surface area contributed by atoms with E-state index in [1.54, 1.807) is 12.1 Å². The number of fused-ring (bicyclic) bond motifs is 1. The van der Waals surface area contributed by atoms with Gasteiger partial charge in [-0.1, -0.05) is 11.6 Å². The summed E-state index contributed by atoms with van der Waals surface area (Å²) in [6, 6.07) is 7.84. The lowest BCUT2D eigenvalue weighted by atomic mass is 10.1. The summed E-state index contributed by atoms with van der Waals surface area (Å²) in [6.45, 7) is 1.86. The maximum atomic E-state index is 12.6. The lowest BCUT2D eigenvalue weighted by Crippen LogP contribution is -2.13. The molecule has 1 heterocycles. The van der Waals surface area contributed by atoms with Gasteiger partial charge in [-0.3, -0.25) is 9.59 Å². The number of anilines is 1.